The fraction of sp³-hybridized carbons (Fsp3) is 0.444. The molecule has 122 valence electrons. The highest BCUT2D eigenvalue weighted by Gasteiger charge is 2.15. The number of nitrogens with zero attached hydrogens (tertiary/aromatic N) is 1. The molecule has 0 saturated carbocycles. The lowest BCUT2D eigenvalue weighted by Gasteiger charge is -2.19. The van der Waals surface area contributed by atoms with Crippen molar-refractivity contribution in [2.75, 3.05) is 13.2 Å². The summed E-state index contributed by atoms with van der Waals surface area (Å²) in [5, 5.41) is 11.1. The van der Waals surface area contributed by atoms with Crippen LogP contribution in [0.1, 0.15) is 39.2 Å². The summed E-state index contributed by atoms with van der Waals surface area (Å²) in [4.78, 5) is 11.4. The van der Waals surface area contributed by atoms with Gasteiger partial charge in [0, 0.05) is 18.5 Å². The molecule has 1 rings (SSSR count). The molecule has 0 aliphatic heterocycles. The molecule has 0 aliphatic rings. The van der Waals surface area contributed by atoms with E-state index in [4.69, 9.17) is 14.7 Å². The van der Waals surface area contributed by atoms with Gasteiger partial charge in [0.2, 0.25) is 0 Å². The number of ether oxygens (including phenoxy) is 2. The van der Waals surface area contributed by atoms with Crippen molar-refractivity contribution in [1.82, 2.24) is 5.32 Å². The Morgan fingerprint density at radius 1 is 1.22 bits per heavy atom. The highest BCUT2D eigenvalue weighted by Crippen LogP contribution is 2.11. The van der Waals surface area contributed by atoms with Gasteiger partial charge in [0.1, 0.15) is 18.0 Å². The number of nitriles is 1. The van der Waals surface area contributed by atoms with Crippen molar-refractivity contribution >= 4 is 6.09 Å². The zero-order chi connectivity index (χ0) is 17.1. The molecule has 0 fully saturated rings. The van der Waals surface area contributed by atoms with Crippen LogP contribution in [0.15, 0.2) is 24.3 Å². The minimum atomic E-state index is -0.493. The highest BCUT2D eigenvalue weighted by atomic mass is 16.6. The van der Waals surface area contributed by atoms with E-state index in [2.05, 4.69) is 17.2 Å². The topological polar surface area (TPSA) is 71.3 Å². The first-order valence-electron chi connectivity index (χ1n) is 7.46. The molecule has 0 radical (unpaired) electrons. The fourth-order valence-electron chi connectivity index (χ4n) is 1.55. The Hall–Kier alpha value is -2.66. The third-order valence-electron chi connectivity index (χ3n) is 2.49. The quantitative estimate of drug-likeness (QED) is 0.669. The van der Waals surface area contributed by atoms with E-state index in [-0.39, 0.29) is 0 Å². The third-order valence-corrected chi connectivity index (χ3v) is 2.49. The fourth-order valence-corrected chi connectivity index (χ4v) is 1.55. The molecule has 1 aromatic rings. The molecule has 5 nitrogen and oxygen atoms in total. The summed E-state index contributed by atoms with van der Waals surface area (Å²) in [6, 6.07) is 9.38. The van der Waals surface area contributed by atoms with Gasteiger partial charge in [-0.3, -0.25) is 0 Å². The Morgan fingerprint density at radius 2 is 1.91 bits per heavy atom. The Kier molecular flexibility index (Phi) is 7.50. The predicted octanol–water partition coefficient (Wildman–Crippen LogP) is 3.25. The zero-order valence-electron chi connectivity index (χ0n) is 13.8. The number of nitrogens with one attached hydrogen (secondary N) is 1. The third kappa shape index (κ3) is 9.06. The van der Waals surface area contributed by atoms with Gasteiger partial charge in [0.15, 0.2) is 0 Å². The van der Waals surface area contributed by atoms with Gasteiger partial charge in [-0.05, 0) is 45.0 Å². The lowest BCUT2D eigenvalue weighted by Crippen LogP contribution is -2.32. The summed E-state index contributed by atoms with van der Waals surface area (Å²) in [6.45, 7) is 6.29. The lowest BCUT2D eigenvalue weighted by molar-refractivity contribution is 0.0529. The van der Waals surface area contributed by atoms with E-state index in [1.165, 1.54) is 0 Å². The second kappa shape index (κ2) is 9.38. The van der Waals surface area contributed by atoms with Crippen LogP contribution in [0.5, 0.6) is 5.75 Å². The van der Waals surface area contributed by atoms with E-state index < -0.39 is 11.7 Å². The van der Waals surface area contributed by atoms with Crippen molar-refractivity contribution < 1.29 is 14.3 Å². The van der Waals surface area contributed by atoms with E-state index in [0.29, 0.717) is 26.0 Å². The largest absolute Gasteiger partial charge is 0.493 e. The smallest absolute Gasteiger partial charge is 0.407 e. The number of alkyl carbamates (subject to hydrolysis) is 1. The molecular formula is C18H22N2O3. The number of hydrogen-bond acceptors (Lipinski definition) is 4. The van der Waals surface area contributed by atoms with E-state index in [1.807, 2.05) is 51.1 Å². The van der Waals surface area contributed by atoms with Crippen LogP contribution in [0.2, 0.25) is 0 Å². The van der Waals surface area contributed by atoms with Crippen molar-refractivity contribution in [3.63, 3.8) is 0 Å². The Bertz CT molecular complexity index is 598. The second-order valence-electron chi connectivity index (χ2n) is 5.76. The van der Waals surface area contributed by atoms with Crippen LogP contribution >= 0.6 is 0 Å². The standard InChI is InChI=1S/C18H22N2O3/c1-18(2,3)23-17(21)20-13-5-4-7-15-8-10-16(11-9-15)22-14-6-12-19/h8-11H,5-6,13-14H2,1-3H3,(H,20,21). The molecule has 5 heteroatoms. The zero-order valence-corrected chi connectivity index (χ0v) is 13.8. The molecule has 0 aromatic heterocycles. The number of carbonyl (C=O) groups is 1. The first kappa shape index (κ1) is 18.4. The van der Waals surface area contributed by atoms with Crippen LogP contribution in [-0.2, 0) is 4.74 Å². The summed E-state index contributed by atoms with van der Waals surface area (Å²) >= 11 is 0. The normalized spacial score (nSPS) is 10.0. The number of rotatable bonds is 5. The van der Waals surface area contributed by atoms with Crippen LogP contribution in [0.3, 0.4) is 0 Å². The maximum absolute atomic E-state index is 11.4. The molecule has 1 amide bonds. The van der Waals surface area contributed by atoms with Gasteiger partial charge in [0.25, 0.3) is 0 Å². The number of benzene rings is 1. The minimum absolute atomic E-state index is 0.367. The molecule has 0 unspecified atom stereocenters. The average molecular weight is 314 g/mol. The summed E-state index contributed by atoms with van der Waals surface area (Å²) in [7, 11) is 0. The molecule has 0 heterocycles. The average Bonchev–Trinajstić information content (AvgIpc) is 2.47. The monoisotopic (exact) mass is 314 g/mol. The first-order chi connectivity index (χ1) is 10.9. The van der Waals surface area contributed by atoms with Gasteiger partial charge in [-0.15, -0.1) is 0 Å². The van der Waals surface area contributed by atoms with Gasteiger partial charge >= 0.3 is 6.09 Å². The van der Waals surface area contributed by atoms with Gasteiger partial charge in [0.05, 0.1) is 12.5 Å². The summed E-state index contributed by atoms with van der Waals surface area (Å²) in [6.07, 6.45) is 0.476. The number of hydrogen-bond donors (Lipinski definition) is 1. The van der Waals surface area contributed by atoms with Crippen molar-refractivity contribution in [1.29, 1.82) is 5.26 Å². The summed E-state index contributed by atoms with van der Waals surface area (Å²) < 4.78 is 10.5. The van der Waals surface area contributed by atoms with Crippen molar-refractivity contribution in [3.05, 3.63) is 29.8 Å². The number of carbonyl (C=O) groups excluding carboxylic acids is 1. The molecule has 1 aromatic carbocycles. The van der Waals surface area contributed by atoms with Crippen LogP contribution in [0.25, 0.3) is 0 Å². The minimum Gasteiger partial charge on any atom is -0.493 e. The first-order valence-corrected chi connectivity index (χ1v) is 7.46. The molecule has 0 bridgehead atoms. The lowest BCUT2D eigenvalue weighted by atomic mass is 10.2. The van der Waals surface area contributed by atoms with Gasteiger partial charge in [-0.2, -0.15) is 5.26 Å². The van der Waals surface area contributed by atoms with Gasteiger partial charge in [-0.25, -0.2) is 4.79 Å². The van der Waals surface area contributed by atoms with E-state index >= 15 is 0 Å². The van der Waals surface area contributed by atoms with Crippen molar-refractivity contribution in [2.45, 2.75) is 39.2 Å². The molecule has 0 saturated heterocycles. The van der Waals surface area contributed by atoms with E-state index in [9.17, 15) is 4.79 Å². The summed E-state index contributed by atoms with van der Waals surface area (Å²) in [5.41, 5.74) is 0.377. The molecule has 23 heavy (non-hydrogen) atoms. The Morgan fingerprint density at radius 3 is 2.52 bits per heavy atom. The highest BCUT2D eigenvalue weighted by molar-refractivity contribution is 5.67. The Labute approximate surface area is 137 Å². The molecular weight excluding hydrogens is 292 g/mol. The number of amides is 1. The van der Waals surface area contributed by atoms with Crippen LogP contribution in [-0.4, -0.2) is 24.8 Å². The molecule has 0 aliphatic carbocycles. The van der Waals surface area contributed by atoms with Crippen LogP contribution in [0.4, 0.5) is 4.79 Å². The SMILES string of the molecule is CC(C)(C)OC(=O)NCCC#Cc1ccc(OCCC#N)cc1. The van der Waals surface area contributed by atoms with Crippen molar-refractivity contribution in [2.24, 2.45) is 0 Å². The maximum atomic E-state index is 11.4. The molecule has 0 spiro atoms. The molecule has 0 atom stereocenters. The van der Waals surface area contributed by atoms with Crippen LogP contribution < -0.4 is 10.1 Å². The predicted molar refractivity (Wildman–Crippen MR) is 87.9 cm³/mol. The van der Waals surface area contributed by atoms with E-state index in [0.717, 1.165) is 11.3 Å². The van der Waals surface area contributed by atoms with Crippen LogP contribution in [0, 0.1) is 23.2 Å². The van der Waals surface area contributed by atoms with E-state index in [1.54, 1.807) is 0 Å². The molecule has 1 N–H and O–H groups in total. The second-order valence-corrected chi connectivity index (χ2v) is 5.76. The Balaban J connectivity index is 2.31. The van der Waals surface area contributed by atoms with Gasteiger partial charge in [-0.1, -0.05) is 11.8 Å². The maximum Gasteiger partial charge on any atom is 0.407 e. The van der Waals surface area contributed by atoms with Gasteiger partial charge < -0.3 is 14.8 Å². The van der Waals surface area contributed by atoms with Crippen molar-refractivity contribution in [3.8, 4) is 23.7 Å². The summed E-state index contributed by atoms with van der Waals surface area (Å²) in [5.74, 6) is 6.72.